The Hall–Kier alpha value is -1.87. The van der Waals surface area contributed by atoms with Crippen LogP contribution in [0.15, 0.2) is 0 Å². The van der Waals surface area contributed by atoms with Crippen LogP contribution in [-0.4, -0.2) is 82.6 Å². The first-order chi connectivity index (χ1) is 30.7. The maximum absolute atomic E-state index is 13.0. The topological polar surface area (TPSA) is 103 Å². The fourth-order valence-electron chi connectivity index (χ4n) is 8.49. The van der Waals surface area contributed by atoms with E-state index < -0.39 is 6.09 Å². The normalized spacial score (nSPS) is 11.7. The van der Waals surface area contributed by atoms with E-state index in [0.717, 1.165) is 57.9 Å². The third kappa shape index (κ3) is 45.1. The van der Waals surface area contributed by atoms with Crippen LogP contribution in [0.25, 0.3) is 0 Å². The van der Waals surface area contributed by atoms with Gasteiger partial charge in [0, 0.05) is 25.9 Å². The van der Waals surface area contributed by atoms with Gasteiger partial charge in [0.25, 0.3) is 0 Å². The van der Waals surface area contributed by atoms with Crippen molar-refractivity contribution in [1.82, 2.24) is 10.2 Å². The van der Waals surface area contributed by atoms with Gasteiger partial charge in [-0.3, -0.25) is 9.59 Å². The van der Waals surface area contributed by atoms with E-state index in [1.807, 2.05) is 14.1 Å². The Morgan fingerprint density at radius 1 is 0.429 bits per heavy atom. The predicted octanol–water partition coefficient (Wildman–Crippen LogP) is 15.1. The number of rotatable bonds is 49. The summed E-state index contributed by atoms with van der Waals surface area (Å²) in [5.74, 6) is 0.700. The van der Waals surface area contributed by atoms with E-state index in [0.29, 0.717) is 70.5 Å². The second-order valence-corrected chi connectivity index (χ2v) is 19.2. The molecular weight excluding hydrogens is 789 g/mol. The first-order valence-corrected chi connectivity index (χ1v) is 27.2. The molecule has 0 fully saturated rings. The van der Waals surface area contributed by atoms with E-state index in [9.17, 15) is 14.4 Å². The lowest BCUT2D eigenvalue weighted by Gasteiger charge is -2.19. The van der Waals surface area contributed by atoms with Crippen molar-refractivity contribution in [3.8, 4) is 0 Å². The summed E-state index contributed by atoms with van der Waals surface area (Å²) in [6.45, 7) is 12.1. The highest BCUT2D eigenvalue weighted by atomic mass is 16.6. The molecule has 9 nitrogen and oxygen atoms in total. The van der Waals surface area contributed by atoms with Crippen molar-refractivity contribution in [3.05, 3.63) is 0 Å². The highest BCUT2D eigenvalue weighted by Gasteiger charge is 2.18. The standard InChI is InChI=1S/C54H106N2O7/c1-7-11-15-19-23-27-35-49(36-28-24-20-16-12-8-2)47-52(57)61-43-33-31-39-51(63-54(59)55-41-45-60-46-42-56(5)6)40-32-34-44-62-53(58)48-50(37-29-25-21-17-13-9-3)38-30-26-22-18-14-10-4/h49-51H,7-48H2,1-6H3,(H,55,59). The Bertz CT molecular complexity index is 903. The zero-order valence-corrected chi connectivity index (χ0v) is 42.7. The van der Waals surface area contributed by atoms with Crippen LogP contribution in [0, 0.1) is 11.8 Å². The van der Waals surface area contributed by atoms with Gasteiger partial charge in [0.1, 0.15) is 6.10 Å². The Labute approximate surface area is 390 Å². The number of likely N-dealkylation sites (N-methyl/N-ethyl adjacent to an activating group) is 1. The molecule has 0 aliphatic carbocycles. The summed E-state index contributed by atoms with van der Waals surface area (Å²) in [5, 5.41) is 2.84. The first-order valence-electron chi connectivity index (χ1n) is 27.2. The molecule has 0 radical (unpaired) electrons. The summed E-state index contributed by atoms with van der Waals surface area (Å²) < 4.78 is 23.1. The minimum atomic E-state index is -0.433. The summed E-state index contributed by atoms with van der Waals surface area (Å²) in [5.41, 5.74) is 0. The molecule has 0 spiro atoms. The molecule has 0 heterocycles. The number of nitrogens with one attached hydrogen (secondary N) is 1. The molecule has 9 heteroatoms. The number of esters is 2. The summed E-state index contributed by atoms with van der Waals surface area (Å²) >= 11 is 0. The molecule has 0 aromatic heterocycles. The van der Waals surface area contributed by atoms with Crippen molar-refractivity contribution in [3.63, 3.8) is 0 Å². The molecule has 1 N–H and O–H groups in total. The first kappa shape index (κ1) is 61.1. The molecule has 0 saturated heterocycles. The summed E-state index contributed by atoms with van der Waals surface area (Å²) in [6.07, 6.45) is 40.0. The van der Waals surface area contributed by atoms with E-state index in [1.165, 1.54) is 154 Å². The number of hydrogen-bond donors (Lipinski definition) is 1. The zero-order valence-electron chi connectivity index (χ0n) is 42.7. The Morgan fingerprint density at radius 3 is 1.14 bits per heavy atom. The van der Waals surface area contributed by atoms with Gasteiger partial charge in [0.15, 0.2) is 0 Å². The fourth-order valence-corrected chi connectivity index (χ4v) is 8.49. The Balaban J connectivity index is 4.96. The van der Waals surface area contributed by atoms with Crippen LogP contribution < -0.4 is 5.32 Å². The second-order valence-electron chi connectivity index (χ2n) is 19.2. The highest BCUT2D eigenvalue weighted by molar-refractivity contribution is 5.70. The molecular formula is C54H106N2O7. The van der Waals surface area contributed by atoms with Gasteiger partial charge in [-0.25, -0.2) is 4.79 Å². The van der Waals surface area contributed by atoms with Crippen molar-refractivity contribution in [2.45, 2.75) is 265 Å². The zero-order chi connectivity index (χ0) is 46.3. The minimum absolute atomic E-state index is 0.0670. The van der Waals surface area contributed by atoms with Gasteiger partial charge >= 0.3 is 18.0 Å². The lowest BCUT2D eigenvalue weighted by Crippen LogP contribution is -2.32. The van der Waals surface area contributed by atoms with Crippen LogP contribution in [-0.2, 0) is 28.5 Å². The predicted molar refractivity (Wildman–Crippen MR) is 265 cm³/mol. The van der Waals surface area contributed by atoms with Gasteiger partial charge in [-0.1, -0.05) is 182 Å². The maximum atomic E-state index is 13.0. The van der Waals surface area contributed by atoms with Gasteiger partial charge in [0.2, 0.25) is 0 Å². The largest absolute Gasteiger partial charge is 0.466 e. The third-order valence-electron chi connectivity index (χ3n) is 12.6. The van der Waals surface area contributed by atoms with E-state index >= 15 is 0 Å². The van der Waals surface area contributed by atoms with Crippen LogP contribution in [0.2, 0.25) is 0 Å². The van der Waals surface area contributed by atoms with Crippen LogP contribution in [0.3, 0.4) is 0 Å². The van der Waals surface area contributed by atoms with Gasteiger partial charge in [-0.05, 0) is 90.1 Å². The molecule has 1 amide bonds. The van der Waals surface area contributed by atoms with Crippen LogP contribution in [0.4, 0.5) is 4.79 Å². The fraction of sp³-hybridized carbons (Fsp3) is 0.944. The number of amides is 1. The van der Waals surface area contributed by atoms with Gasteiger partial charge in [-0.15, -0.1) is 0 Å². The SMILES string of the molecule is CCCCCCCCC(CCCCCCCC)CC(=O)OCCCCC(CCCCOC(=O)CC(CCCCCCCC)CCCCCCCC)OC(=O)NCCOCCN(C)C. The number of nitrogens with zero attached hydrogens (tertiary/aromatic N) is 1. The lowest BCUT2D eigenvalue weighted by atomic mass is 9.91. The average molecular weight is 895 g/mol. The number of carbonyl (C=O) groups excluding carboxylic acids is 3. The van der Waals surface area contributed by atoms with Crippen molar-refractivity contribution in [1.29, 1.82) is 0 Å². The molecule has 0 aliphatic rings. The number of alkyl carbamates (subject to hydrolysis) is 1. The minimum Gasteiger partial charge on any atom is -0.466 e. The lowest BCUT2D eigenvalue weighted by molar-refractivity contribution is -0.146. The van der Waals surface area contributed by atoms with E-state index in [1.54, 1.807) is 0 Å². The van der Waals surface area contributed by atoms with Crippen LogP contribution in [0.5, 0.6) is 0 Å². The highest BCUT2D eigenvalue weighted by Crippen LogP contribution is 2.25. The molecule has 0 unspecified atom stereocenters. The molecule has 0 aromatic rings. The third-order valence-corrected chi connectivity index (χ3v) is 12.6. The van der Waals surface area contributed by atoms with Crippen molar-refractivity contribution in [2.75, 3.05) is 53.6 Å². The molecule has 0 aromatic carbocycles. The van der Waals surface area contributed by atoms with E-state index in [2.05, 4.69) is 37.9 Å². The molecule has 374 valence electrons. The summed E-state index contributed by atoms with van der Waals surface area (Å²) in [6, 6.07) is 0. The Morgan fingerprint density at radius 2 is 0.778 bits per heavy atom. The number of ether oxygens (including phenoxy) is 4. The molecule has 0 saturated carbocycles. The number of hydrogen-bond acceptors (Lipinski definition) is 8. The summed E-state index contributed by atoms with van der Waals surface area (Å²) in [4.78, 5) is 40.8. The van der Waals surface area contributed by atoms with Crippen molar-refractivity contribution in [2.24, 2.45) is 11.8 Å². The van der Waals surface area contributed by atoms with E-state index in [4.69, 9.17) is 18.9 Å². The van der Waals surface area contributed by atoms with Crippen LogP contribution >= 0.6 is 0 Å². The molecule has 63 heavy (non-hydrogen) atoms. The maximum Gasteiger partial charge on any atom is 0.407 e. The molecule has 0 atom stereocenters. The van der Waals surface area contributed by atoms with Crippen LogP contribution in [0.1, 0.15) is 259 Å². The number of unbranched alkanes of at least 4 members (excludes halogenated alkanes) is 22. The quantitative estimate of drug-likeness (QED) is 0.0366. The van der Waals surface area contributed by atoms with Gasteiger partial charge in [-0.2, -0.15) is 0 Å². The van der Waals surface area contributed by atoms with E-state index in [-0.39, 0.29) is 18.0 Å². The molecule has 0 bridgehead atoms. The smallest absolute Gasteiger partial charge is 0.407 e. The van der Waals surface area contributed by atoms with Crippen molar-refractivity contribution >= 4 is 18.0 Å². The summed E-state index contributed by atoms with van der Waals surface area (Å²) in [7, 11) is 4.01. The molecule has 0 rings (SSSR count). The molecule has 0 aliphatic heterocycles. The monoisotopic (exact) mass is 895 g/mol. The number of carbonyl (C=O) groups is 3. The van der Waals surface area contributed by atoms with Gasteiger partial charge < -0.3 is 29.2 Å². The van der Waals surface area contributed by atoms with Gasteiger partial charge in [0.05, 0.1) is 26.4 Å². The Kier molecular flexibility index (Phi) is 46.6. The average Bonchev–Trinajstić information content (AvgIpc) is 3.26. The van der Waals surface area contributed by atoms with Crippen molar-refractivity contribution < 1.29 is 33.3 Å². The second kappa shape index (κ2) is 48.1.